The van der Waals surface area contributed by atoms with E-state index in [-0.39, 0.29) is 24.4 Å². The fourth-order valence-corrected chi connectivity index (χ4v) is 2.27. The maximum atomic E-state index is 11.6. The van der Waals surface area contributed by atoms with Crippen molar-refractivity contribution in [1.29, 1.82) is 0 Å². The number of carboxylic acid groups (broad SMARTS) is 2. The van der Waals surface area contributed by atoms with Crippen molar-refractivity contribution in [2.75, 3.05) is 0 Å². The molecule has 0 bridgehead atoms. The molecule has 0 saturated heterocycles. The third-order valence-electron chi connectivity index (χ3n) is 3.38. The van der Waals surface area contributed by atoms with E-state index in [4.69, 9.17) is 14.9 Å². The quantitative estimate of drug-likeness (QED) is 0.758. The van der Waals surface area contributed by atoms with Gasteiger partial charge in [0.15, 0.2) is 5.78 Å². The molecule has 2 N–H and O–H groups in total. The molecule has 0 aliphatic carbocycles. The van der Waals surface area contributed by atoms with Crippen LogP contribution >= 0.6 is 0 Å². The number of rotatable bonds is 7. The number of carbonyl (C=O) groups excluding carboxylic acids is 1. The Morgan fingerprint density at radius 2 is 1.79 bits per heavy atom. The average Bonchev–Trinajstić information content (AvgIpc) is 2.52. The molecule has 0 atom stereocenters. The first-order valence-corrected chi connectivity index (χ1v) is 7.17. The SMILES string of the molecule is CC(=O)c1ccc(OCc2cccc(C(=O)O)c2)cc1CC(=O)O. The summed E-state index contributed by atoms with van der Waals surface area (Å²) < 4.78 is 5.59. The minimum Gasteiger partial charge on any atom is -0.489 e. The maximum Gasteiger partial charge on any atom is 0.335 e. The van der Waals surface area contributed by atoms with Gasteiger partial charge in [0.25, 0.3) is 0 Å². The van der Waals surface area contributed by atoms with Crippen molar-refractivity contribution in [2.45, 2.75) is 20.0 Å². The molecule has 0 radical (unpaired) electrons. The number of hydrogen-bond donors (Lipinski definition) is 2. The summed E-state index contributed by atoms with van der Waals surface area (Å²) in [6.07, 6.45) is -0.277. The zero-order valence-corrected chi connectivity index (χ0v) is 13.0. The second-order valence-corrected chi connectivity index (χ2v) is 5.24. The number of ketones is 1. The molecular formula is C18H16O6. The number of carbonyl (C=O) groups is 3. The number of aliphatic carboxylic acids is 1. The molecule has 0 heterocycles. The fraction of sp³-hybridized carbons (Fsp3) is 0.167. The van der Waals surface area contributed by atoms with Crippen molar-refractivity contribution < 1.29 is 29.3 Å². The Balaban J connectivity index is 2.18. The minimum atomic E-state index is -1.04. The van der Waals surface area contributed by atoms with E-state index in [0.717, 1.165) is 0 Å². The fourth-order valence-electron chi connectivity index (χ4n) is 2.27. The van der Waals surface area contributed by atoms with Crippen LogP contribution in [0.3, 0.4) is 0 Å². The molecule has 0 aliphatic heterocycles. The largest absolute Gasteiger partial charge is 0.489 e. The topological polar surface area (TPSA) is 101 Å². The van der Waals surface area contributed by atoms with Gasteiger partial charge in [-0.05, 0) is 48.4 Å². The summed E-state index contributed by atoms with van der Waals surface area (Å²) in [5.74, 6) is -1.86. The summed E-state index contributed by atoms with van der Waals surface area (Å²) in [4.78, 5) is 33.4. The molecule has 0 aliphatic rings. The lowest BCUT2D eigenvalue weighted by Gasteiger charge is -2.10. The van der Waals surface area contributed by atoms with Crippen molar-refractivity contribution in [1.82, 2.24) is 0 Å². The maximum absolute atomic E-state index is 11.6. The van der Waals surface area contributed by atoms with Gasteiger partial charge in [-0.15, -0.1) is 0 Å². The molecule has 0 fully saturated rings. The van der Waals surface area contributed by atoms with Gasteiger partial charge in [-0.2, -0.15) is 0 Å². The van der Waals surface area contributed by atoms with Crippen LogP contribution in [0.4, 0.5) is 0 Å². The van der Waals surface area contributed by atoms with Crippen LogP contribution in [0, 0.1) is 0 Å². The van der Waals surface area contributed by atoms with Crippen molar-refractivity contribution >= 4 is 17.7 Å². The van der Waals surface area contributed by atoms with E-state index in [1.54, 1.807) is 18.2 Å². The van der Waals surface area contributed by atoms with Crippen molar-refractivity contribution in [2.24, 2.45) is 0 Å². The molecule has 2 rings (SSSR count). The highest BCUT2D eigenvalue weighted by molar-refractivity contribution is 5.96. The molecule has 0 unspecified atom stereocenters. The van der Waals surface area contributed by atoms with Crippen LogP contribution in [0.5, 0.6) is 5.75 Å². The first-order valence-electron chi connectivity index (χ1n) is 7.17. The molecule has 2 aromatic carbocycles. The Morgan fingerprint density at radius 1 is 1.04 bits per heavy atom. The van der Waals surface area contributed by atoms with E-state index < -0.39 is 11.9 Å². The van der Waals surface area contributed by atoms with Gasteiger partial charge in [0.2, 0.25) is 0 Å². The van der Waals surface area contributed by atoms with Crippen molar-refractivity contribution in [3.8, 4) is 5.75 Å². The first-order chi connectivity index (χ1) is 11.4. The highest BCUT2D eigenvalue weighted by Crippen LogP contribution is 2.20. The minimum absolute atomic E-state index is 0.132. The highest BCUT2D eigenvalue weighted by atomic mass is 16.5. The molecule has 6 heteroatoms. The van der Waals surface area contributed by atoms with Crippen molar-refractivity contribution in [3.63, 3.8) is 0 Å². The van der Waals surface area contributed by atoms with E-state index in [9.17, 15) is 14.4 Å². The second kappa shape index (κ2) is 7.41. The van der Waals surface area contributed by atoms with Crippen LogP contribution < -0.4 is 4.74 Å². The summed E-state index contributed by atoms with van der Waals surface area (Å²) in [6, 6.07) is 11.0. The zero-order valence-electron chi connectivity index (χ0n) is 13.0. The lowest BCUT2D eigenvalue weighted by atomic mass is 10.0. The standard InChI is InChI=1S/C18H16O6/c1-11(19)16-6-5-15(8-14(16)9-17(20)21)24-10-12-3-2-4-13(7-12)18(22)23/h2-8H,9-10H2,1H3,(H,20,21)(H,22,23). The first kappa shape index (κ1) is 17.2. The molecule has 0 aromatic heterocycles. The van der Waals surface area contributed by atoms with Crippen LogP contribution in [-0.2, 0) is 17.8 Å². The number of benzene rings is 2. The van der Waals surface area contributed by atoms with E-state index in [1.807, 2.05) is 0 Å². The Morgan fingerprint density at radius 3 is 2.42 bits per heavy atom. The zero-order chi connectivity index (χ0) is 17.7. The van der Waals surface area contributed by atoms with Crippen LogP contribution in [-0.4, -0.2) is 27.9 Å². The van der Waals surface area contributed by atoms with E-state index in [2.05, 4.69) is 0 Å². The second-order valence-electron chi connectivity index (χ2n) is 5.24. The van der Waals surface area contributed by atoms with Crippen LogP contribution in [0.2, 0.25) is 0 Å². The molecule has 2 aromatic rings. The predicted molar refractivity (Wildman–Crippen MR) is 85.5 cm³/mol. The molecule has 0 spiro atoms. The molecular weight excluding hydrogens is 312 g/mol. The van der Waals surface area contributed by atoms with Gasteiger partial charge < -0.3 is 14.9 Å². The van der Waals surface area contributed by atoms with Crippen LogP contribution in [0.25, 0.3) is 0 Å². The third kappa shape index (κ3) is 4.42. The summed E-state index contributed by atoms with van der Waals surface area (Å²) in [5, 5.41) is 17.9. The molecule has 124 valence electrons. The van der Waals surface area contributed by atoms with Gasteiger partial charge in [0, 0.05) is 5.56 Å². The monoisotopic (exact) mass is 328 g/mol. The van der Waals surface area contributed by atoms with Gasteiger partial charge in [-0.1, -0.05) is 12.1 Å². The number of hydrogen-bond acceptors (Lipinski definition) is 4. The number of aromatic carboxylic acids is 1. The Hall–Kier alpha value is -3.15. The van der Waals surface area contributed by atoms with E-state index >= 15 is 0 Å². The molecule has 6 nitrogen and oxygen atoms in total. The predicted octanol–water partition coefficient (Wildman–Crippen LogP) is 2.79. The molecule has 0 saturated carbocycles. The number of Topliss-reactive ketones (excluding diaryl/α,β-unsaturated/α-hetero) is 1. The van der Waals surface area contributed by atoms with Crippen molar-refractivity contribution in [3.05, 3.63) is 64.7 Å². The number of carboxylic acids is 2. The third-order valence-corrected chi connectivity index (χ3v) is 3.38. The van der Waals surface area contributed by atoms with Gasteiger partial charge >= 0.3 is 11.9 Å². The van der Waals surface area contributed by atoms with E-state index in [0.29, 0.717) is 22.4 Å². The average molecular weight is 328 g/mol. The highest BCUT2D eigenvalue weighted by Gasteiger charge is 2.12. The summed E-state index contributed by atoms with van der Waals surface area (Å²) >= 11 is 0. The smallest absolute Gasteiger partial charge is 0.335 e. The lowest BCUT2D eigenvalue weighted by molar-refractivity contribution is -0.136. The molecule has 24 heavy (non-hydrogen) atoms. The van der Waals surface area contributed by atoms with Gasteiger partial charge in [-0.3, -0.25) is 9.59 Å². The summed E-state index contributed by atoms with van der Waals surface area (Å²) in [6.45, 7) is 1.51. The van der Waals surface area contributed by atoms with Crippen LogP contribution in [0.15, 0.2) is 42.5 Å². The summed E-state index contributed by atoms with van der Waals surface area (Å²) in [5.41, 5.74) is 1.56. The Bertz CT molecular complexity index is 794. The Kier molecular flexibility index (Phi) is 5.31. The van der Waals surface area contributed by atoms with Gasteiger partial charge in [-0.25, -0.2) is 4.79 Å². The number of ether oxygens (including phenoxy) is 1. The van der Waals surface area contributed by atoms with Gasteiger partial charge in [0.05, 0.1) is 12.0 Å². The normalized spacial score (nSPS) is 10.2. The molecule has 0 amide bonds. The van der Waals surface area contributed by atoms with Crippen LogP contribution in [0.1, 0.15) is 38.8 Å². The summed E-state index contributed by atoms with van der Waals surface area (Å²) in [7, 11) is 0. The Labute approximate surface area is 138 Å². The lowest BCUT2D eigenvalue weighted by Crippen LogP contribution is -2.07. The van der Waals surface area contributed by atoms with Gasteiger partial charge in [0.1, 0.15) is 12.4 Å². The van der Waals surface area contributed by atoms with E-state index in [1.165, 1.54) is 31.2 Å².